The van der Waals surface area contributed by atoms with E-state index in [9.17, 15) is 9.59 Å². The molecule has 0 radical (unpaired) electrons. The van der Waals surface area contributed by atoms with E-state index in [0.29, 0.717) is 6.42 Å². The lowest BCUT2D eigenvalue weighted by atomic mass is 10.0. The van der Waals surface area contributed by atoms with Crippen molar-refractivity contribution in [3.8, 4) is 0 Å². The van der Waals surface area contributed by atoms with Crippen molar-refractivity contribution in [1.29, 1.82) is 0 Å². The third-order valence-corrected chi connectivity index (χ3v) is 2.67. The number of amides is 2. The first-order valence-electron chi connectivity index (χ1n) is 4.67. The van der Waals surface area contributed by atoms with Crippen molar-refractivity contribution in [2.45, 2.75) is 31.8 Å². The average molecular weight is 233 g/mol. The van der Waals surface area contributed by atoms with Crippen LogP contribution in [-0.2, 0) is 9.59 Å². The van der Waals surface area contributed by atoms with Gasteiger partial charge in [-0.3, -0.25) is 9.59 Å². The Morgan fingerprint density at radius 3 is 2.40 bits per heavy atom. The lowest BCUT2D eigenvalue weighted by molar-refractivity contribution is -0.131. The molecule has 0 heterocycles. The minimum absolute atomic E-state index is 0.340. The molecule has 0 aliphatic carbocycles. The minimum atomic E-state index is -1.05. The van der Waals surface area contributed by atoms with E-state index in [0.717, 1.165) is 5.75 Å². The van der Waals surface area contributed by atoms with Crippen LogP contribution in [0.1, 0.15) is 20.3 Å². The van der Waals surface area contributed by atoms with Crippen LogP contribution in [0, 0.1) is 0 Å². The van der Waals surface area contributed by atoms with Crippen molar-refractivity contribution in [3.63, 3.8) is 0 Å². The van der Waals surface area contributed by atoms with Gasteiger partial charge in [0, 0.05) is 0 Å². The molecule has 15 heavy (non-hydrogen) atoms. The molecule has 0 unspecified atom stereocenters. The Hall–Kier alpha value is -0.750. The van der Waals surface area contributed by atoms with E-state index in [1.54, 1.807) is 25.6 Å². The van der Waals surface area contributed by atoms with Crippen LogP contribution < -0.4 is 16.8 Å². The van der Waals surface area contributed by atoms with Crippen LogP contribution in [0.3, 0.4) is 0 Å². The molecule has 0 aliphatic rings. The number of carbonyl (C=O) groups excluding carboxylic acids is 2. The van der Waals surface area contributed by atoms with Crippen LogP contribution in [0.4, 0.5) is 0 Å². The maximum atomic E-state index is 11.5. The molecule has 2 amide bonds. The fourth-order valence-corrected chi connectivity index (χ4v) is 1.33. The topological polar surface area (TPSA) is 98.2 Å². The monoisotopic (exact) mass is 233 g/mol. The highest BCUT2D eigenvalue weighted by Crippen LogP contribution is 2.03. The molecule has 0 saturated heterocycles. The largest absolute Gasteiger partial charge is 0.368 e. The molecule has 5 nitrogen and oxygen atoms in total. The zero-order valence-electron chi connectivity index (χ0n) is 9.37. The van der Waals surface area contributed by atoms with Crippen molar-refractivity contribution in [2.24, 2.45) is 11.5 Å². The first-order valence-corrected chi connectivity index (χ1v) is 6.07. The van der Waals surface area contributed by atoms with Crippen LogP contribution in [0.2, 0.25) is 0 Å². The Morgan fingerprint density at radius 2 is 2.00 bits per heavy atom. The molecular weight excluding hydrogens is 214 g/mol. The Bertz CT molecular complexity index is 244. The second-order valence-corrected chi connectivity index (χ2v) is 4.85. The molecule has 1 atom stereocenters. The summed E-state index contributed by atoms with van der Waals surface area (Å²) in [4.78, 5) is 22.5. The van der Waals surface area contributed by atoms with E-state index in [1.807, 2.05) is 6.26 Å². The molecule has 5 N–H and O–H groups in total. The standard InChI is InChI=1S/C9H19N3O2S/c1-9(2,8(11)14)12-7(13)6(10)4-5-15-3/h6H,4-5,10H2,1-3H3,(H2,11,14)(H,12,13)/t6-/m0/s1. The number of hydrogen-bond donors (Lipinski definition) is 3. The zero-order chi connectivity index (χ0) is 12.1. The van der Waals surface area contributed by atoms with Gasteiger partial charge in [0.2, 0.25) is 11.8 Å². The van der Waals surface area contributed by atoms with E-state index in [4.69, 9.17) is 11.5 Å². The van der Waals surface area contributed by atoms with Gasteiger partial charge in [0.25, 0.3) is 0 Å². The molecule has 0 fully saturated rings. The van der Waals surface area contributed by atoms with E-state index in [-0.39, 0.29) is 5.91 Å². The maximum Gasteiger partial charge on any atom is 0.242 e. The van der Waals surface area contributed by atoms with Gasteiger partial charge in [-0.1, -0.05) is 0 Å². The summed E-state index contributed by atoms with van der Waals surface area (Å²) in [5, 5.41) is 2.52. The summed E-state index contributed by atoms with van der Waals surface area (Å²) in [5.74, 6) is -0.105. The number of nitrogens with one attached hydrogen (secondary N) is 1. The fourth-order valence-electron chi connectivity index (χ4n) is 0.838. The van der Waals surface area contributed by atoms with Gasteiger partial charge < -0.3 is 16.8 Å². The van der Waals surface area contributed by atoms with Gasteiger partial charge in [-0.15, -0.1) is 0 Å². The second-order valence-electron chi connectivity index (χ2n) is 3.87. The van der Waals surface area contributed by atoms with Gasteiger partial charge in [-0.25, -0.2) is 0 Å². The number of thioether (sulfide) groups is 1. The van der Waals surface area contributed by atoms with Crippen molar-refractivity contribution >= 4 is 23.6 Å². The Kier molecular flexibility index (Phi) is 5.67. The molecule has 6 heteroatoms. The van der Waals surface area contributed by atoms with Gasteiger partial charge >= 0.3 is 0 Å². The quantitative estimate of drug-likeness (QED) is 0.573. The van der Waals surface area contributed by atoms with E-state index < -0.39 is 17.5 Å². The smallest absolute Gasteiger partial charge is 0.242 e. The van der Waals surface area contributed by atoms with Crippen molar-refractivity contribution in [3.05, 3.63) is 0 Å². The van der Waals surface area contributed by atoms with E-state index in [2.05, 4.69) is 5.32 Å². The molecule has 0 spiro atoms. The predicted octanol–water partition coefficient (Wildman–Crippen LogP) is -0.553. The van der Waals surface area contributed by atoms with Crippen LogP contribution >= 0.6 is 11.8 Å². The van der Waals surface area contributed by atoms with Gasteiger partial charge in [-0.05, 0) is 32.3 Å². The third kappa shape index (κ3) is 5.03. The van der Waals surface area contributed by atoms with Gasteiger partial charge in [0.05, 0.1) is 6.04 Å². The highest BCUT2D eigenvalue weighted by Gasteiger charge is 2.28. The Morgan fingerprint density at radius 1 is 1.47 bits per heavy atom. The SMILES string of the molecule is CSCC[C@H](N)C(=O)NC(C)(C)C(N)=O. The summed E-state index contributed by atoms with van der Waals surface area (Å²) in [7, 11) is 0. The van der Waals surface area contributed by atoms with E-state index >= 15 is 0 Å². The van der Waals surface area contributed by atoms with Crippen molar-refractivity contribution in [2.75, 3.05) is 12.0 Å². The third-order valence-electron chi connectivity index (χ3n) is 2.02. The van der Waals surface area contributed by atoms with Gasteiger partial charge in [0.1, 0.15) is 5.54 Å². The summed E-state index contributed by atoms with van der Waals surface area (Å²) in [6.45, 7) is 3.10. The van der Waals surface area contributed by atoms with E-state index in [1.165, 1.54) is 0 Å². The van der Waals surface area contributed by atoms with Crippen LogP contribution in [0.5, 0.6) is 0 Å². The lowest BCUT2D eigenvalue weighted by Gasteiger charge is -2.24. The van der Waals surface area contributed by atoms with Crippen LogP contribution in [0.25, 0.3) is 0 Å². The normalized spacial score (nSPS) is 13.3. The summed E-state index contributed by atoms with van der Waals surface area (Å²) in [5.41, 5.74) is 9.71. The van der Waals surface area contributed by atoms with Crippen molar-refractivity contribution in [1.82, 2.24) is 5.32 Å². The summed E-state index contributed by atoms with van der Waals surface area (Å²) >= 11 is 1.62. The molecule has 0 aromatic heterocycles. The highest BCUT2D eigenvalue weighted by molar-refractivity contribution is 7.98. The zero-order valence-corrected chi connectivity index (χ0v) is 10.2. The second kappa shape index (κ2) is 5.97. The first kappa shape index (κ1) is 14.2. The number of hydrogen-bond acceptors (Lipinski definition) is 4. The van der Waals surface area contributed by atoms with Gasteiger partial charge in [0.15, 0.2) is 0 Å². The molecule has 0 saturated carbocycles. The molecule has 0 aromatic carbocycles. The summed E-state index contributed by atoms with van der Waals surface area (Å²) in [6, 6.07) is -0.587. The van der Waals surface area contributed by atoms with Crippen molar-refractivity contribution < 1.29 is 9.59 Å². The molecule has 88 valence electrons. The molecule has 0 aromatic rings. The van der Waals surface area contributed by atoms with Crippen LogP contribution in [-0.4, -0.2) is 35.4 Å². The summed E-state index contributed by atoms with van der Waals surface area (Å²) in [6.07, 6.45) is 2.53. The molecule has 0 rings (SSSR count). The Labute approximate surface area is 94.3 Å². The Balaban J connectivity index is 4.18. The number of carbonyl (C=O) groups is 2. The number of nitrogens with two attached hydrogens (primary N) is 2. The lowest BCUT2D eigenvalue weighted by Crippen LogP contribution is -2.56. The first-order chi connectivity index (χ1) is 6.81. The predicted molar refractivity (Wildman–Crippen MR) is 62.4 cm³/mol. The highest BCUT2D eigenvalue weighted by atomic mass is 32.2. The van der Waals surface area contributed by atoms with Gasteiger partial charge in [-0.2, -0.15) is 11.8 Å². The number of rotatable bonds is 6. The minimum Gasteiger partial charge on any atom is -0.368 e. The molecule has 0 aliphatic heterocycles. The molecule has 0 bridgehead atoms. The number of primary amides is 1. The molecular formula is C9H19N3O2S. The summed E-state index contributed by atoms with van der Waals surface area (Å²) < 4.78 is 0. The van der Waals surface area contributed by atoms with Crippen LogP contribution in [0.15, 0.2) is 0 Å². The fraction of sp³-hybridized carbons (Fsp3) is 0.778. The average Bonchev–Trinajstić information content (AvgIpc) is 2.13. The maximum absolute atomic E-state index is 11.5.